The molecule has 3 heterocycles. The van der Waals surface area contributed by atoms with Crippen molar-refractivity contribution in [3.05, 3.63) is 17.5 Å². The summed E-state index contributed by atoms with van der Waals surface area (Å²) in [4.78, 5) is 29.0. The summed E-state index contributed by atoms with van der Waals surface area (Å²) in [5.41, 5.74) is -0.190. The number of anilines is 4. The molecular formula is C22H31F3N8OS. The molecule has 0 bridgehead atoms. The number of carbonyl (C=O) groups is 1. The molecule has 13 heteroatoms. The average Bonchev–Trinajstić information content (AvgIpc) is 3.12. The van der Waals surface area contributed by atoms with E-state index in [0.29, 0.717) is 18.0 Å². The first-order valence-electron chi connectivity index (χ1n) is 11.8. The third kappa shape index (κ3) is 6.51. The van der Waals surface area contributed by atoms with Crippen molar-refractivity contribution in [2.75, 3.05) is 61.8 Å². The molecular weight excluding hydrogens is 481 g/mol. The molecule has 0 spiro atoms. The maximum absolute atomic E-state index is 13.5. The van der Waals surface area contributed by atoms with Crippen molar-refractivity contribution in [3.63, 3.8) is 0 Å². The Hall–Kier alpha value is -2.67. The molecule has 2 fully saturated rings. The van der Waals surface area contributed by atoms with Gasteiger partial charge in [-0.1, -0.05) is 17.8 Å². The van der Waals surface area contributed by atoms with Gasteiger partial charge in [0.2, 0.25) is 11.9 Å². The minimum absolute atomic E-state index is 0.0247. The SMILES string of the molecule is Cc1nc(N2CCN(C)CC2)sc1Nc1ncc(C(F)(F)F)c(NCCCNC(=O)C2CCC2)n1. The molecule has 3 N–H and O–H groups in total. The van der Waals surface area contributed by atoms with Gasteiger partial charge in [-0.15, -0.1) is 0 Å². The fourth-order valence-electron chi connectivity index (χ4n) is 3.84. The number of piperazine rings is 1. The van der Waals surface area contributed by atoms with Crippen molar-refractivity contribution >= 4 is 39.1 Å². The molecule has 1 aliphatic carbocycles. The standard InChI is InChI=1S/C22H31F3N8OS/c1-14-19(35-21(29-14)33-11-9-32(2)10-12-33)31-20-28-13-16(22(23,24)25)17(30-20)26-7-4-8-27-18(34)15-5-3-6-15/h13,15H,3-12H2,1-2H3,(H,27,34)(H2,26,28,30,31). The molecule has 2 aliphatic rings. The van der Waals surface area contributed by atoms with Crippen molar-refractivity contribution in [1.29, 1.82) is 0 Å². The van der Waals surface area contributed by atoms with E-state index in [1.54, 1.807) is 0 Å². The van der Waals surface area contributed by atoms with Crippen LogP contribution >= 0.6 is 11.3 Å². The van der Waals surface area contributed by atoms with E-state index in [-0.39, 0.29) is 30.1 Å². The number of nitrogens with one attached hydrogen (secondary N) is 3. The minimum atomic E-state index is -4.59. The fraction of sp³-hybridized carbons (Fsp3) is 0.636. The molecule has 0 radical (unpaired) electrons. The van der Waals surface area contributed by atoms with E-state index in [9.17, 15) is 18.0 Å². The Bertz CT molecular complexity index is 1020. The van der Waals surface area contributed by atoms with E-state index < -0.39 is 11.7 Å². The maximum Gasteiger partial charge on any atom is 0.421 e. The molecule has 2 aromatic rings. The number of alkyl halides is 3. The second-order valence-corrected chi connectivity index (χ2v) is 9.96. The monoisotopic (exact) mass is 512 g/mol. The molecule has 1 aliphatic heterocycles. The number of rotatable bonds is 9. The van der Waals surface area contributed by atoms with Gasteiger partial charge in [-0.2, -0.15) is 18.2 Å². The summed E-state index contributed by atoms with van der Waals surface area (Å²) in [7, 11) is 2.08. The number of amides is 1. The summed E-state index contributed by atoms with van der Waals surface area (Å²) in [5, 5.41) is 10.2. The van der Waals surface area contributed by atoms with Gasteiger partial charge in [0, 0.05) is 51.4 Å². The molecule has 192 valence electrons. The van der Waals surface area contributed by atoms with Gasteiger partial charge >= 0.3 is 6.18 Å². The molecule has 0 atom stereocenters. The van der Waals surface area contributed by atoms with E-state index in [4.69, 9.17) is 0 Å². The van der Waals surface area contributed by atoms with Crippen molar-refractivity contribution in [2.45, 2.75) is 38.8 Å². The largest absolute Gasteiger partial charge is 0.421 e. The lowest BCUT2D eigenvalue weighted by molar-refractivity contribution is -0.137. The maximum atomic E-state index is 13.5. The summed E-state index contributed by atoms with van der Waals surface area (Å²) in [6, 6.07) is 0. The molecule has 1 amide bonds. The number of thiazole rings is 1. The summed E-state index contributed by atoms with van der Waals surface area (Å²) >= 11 is 1.44. The summed E-state index contributed by atoms with van der Waals surface area (Å²) in [6.45, 7) is 6.11. The van der Waals surface area contributed by atoms with Crippen LogP contribution in [0.15, 0.2) is 6.20 Å². The summed E-state index contributed by atoms with van der Waals surface area (Å²) < 4.78 is 40.5. The van der Waals surface area contributed by atoms with E-state index in [0.717, 1.165) is 62.5 Å². The highest BCUT2D eigenvalue weighted by Gasteiger charge is 2.35. The zero-order valence-corrected chi connectivity index (χ0v) is 20.7. The molecule has 1 saturated carbocycles. The van der Waals surface area contributed by atoms with E-state index >= 15 is 0 Å². The Morgan fingerprint density at radius 2 is 1.91 bits per heavy atom. The third-order valence-electron chi connectivity index (χ3n) is 6.30. The van der Waals surface area contributed by atoms with Gasteiger partial charge in [0.15, 0.2) is 5.13 Å². The first kappa shape index (κ1) is 25.4. The molecule has 0 unspecified atom stereocenters. The number of hydrogen-bond acceptors (Lipinski definition) is 9. The molecule has 0 aromatic carbocycles. The lowest BCUT2D eigenvalue weighted by atomic mass is 9.85. The predicted octanol–water partition coefficient (Wildman–Crippen LogP) is 3.47. The van der Waals surface area contributed by atoms with Crippen LogP contribution in [0.3, 0.4) is 0 Å². The molecule has 9 nitrogen and oxygen atoms in total. The first-order valence-corrected chi connectivity index (χ1v) is 12.7. The lowest BCUT2D eigenvalue weighted by Gasteiger charge is -2.32. The normalized spacial score (nSPS) is 17.2. The number of aryl methyl sites for hydroxylation is 1. The van der Waals surface area contributed by atoms with Crippen LogP contribution in [0.25, 0.3) is 0 Å². The van der Waals surface area contributed by atoms with Gasteiger partial charge in [0.1, 0.15) is 16.4 Å². The van der Waals surface area contributed by atoms with Crippen molar-refractivity contribution in [3.8, 4) is 0 Å². The quantitative estimate of drug-likeness (QED) is 0.440. The Morgan fingerprint density at radius 1 is 1.17 bits per heavy atom. The first-order chi connectivity index (χ1) is 16.7. The van der Waals surface area contributed by atoms with Gasteiger partial charge in [0.25, 0.3) is 0 Å². The van der Waals surface area contributed by atoms with Gasteiger partial charge < -0.3 is 25.8 Å². The molecule has 1 saturated heterocycles. The minimum Gasteiger partial charge on any atom is -0.369 e. The highest BCUT2D eigenvalue weighted by molar-refractivity contribution is 7.19. The van der Waals surface area contributed by atoms with Crippen LogP contribution < -0.4 is 20.9 Å². The van der Waals surface area contributed by atoms with Gasteiger partial charge in [-0.3, -0.25) is 4.79 Å². The Labute approximate surface area is 206 Å². The highest BCUT2D eigenvalue weighted by atomic mass is 32.1. The van der Waals surface area contributed by atoms with Crippen molar-refractivity contribution in [2.24, 2.45) is 5.92 Å². The van der Waals surface area contributed by atoms with Crippen LogP contribution in [-0.2, 0) is 11.0 Å². The number of nitrogens with zero attached hydrogens (tertiary/aromatic N) is 5. The van der Waals surface area contributed by atoms with Crippen LogP contribution in [0.4, 0.5) is 35.1 Å². The van der Waals surface area contributed by atoms with Gasteiger partial charge in [0.05, 0.1) is 5.69 Å². The van der Waals surface area contributed by atoms with Crippen LogP contribution in [0, 0.1) is 12.8 Å². The summed E-state index contributed by atoms with van der Waals surface area (Å²) in [6.07, 6.45) is -0.438. The fourth-order valence-corrected chi connectivity index (χ4v) is 4.85. The molecule has 2 aromatic heterocycles. The number of halogens is 3. The zero-order chi connectivity index (χ0) is 25.0. The van der Waals surface area contributed by atoms with Gasteiger partial charge in [-0.25, -0.2) is 9.97 Å². The highest BCUT2D eigenvalue weighted by Crippen LogP contribution is 2.36. The third-order valence-corrected chi connectivity index (χ3v) is 7.43. The zero-order valence-electron chi connectivity index (χ0n) is 19.9. The van der Waals surface area contributed by atoms with Crippen molar-refractivity contribution < 1.29 is 18.0 Å². The summed E-state index contributed by atoms with van der Waals surface area (Å²) in [5.74, 6) is -0.115. The Balaban J connectivity index is 1.38. The number of carbonyl (C=O) groups excluding carboxylic acids is 1. The van der Waals surface area contributed by atoms with Crippen LogP contribution in [-0.4, -0.2) is 72.1 Å². The second kappa shape index (κ2) is 10.9. The van der Waals surface area contributed by atoms with E-state index in [2.05, 4.69) is 47.7 Å². The van der Waals surface area contributed by atoms with Crippen molar-refractivity contribution in [1.82, 2.24) is 25.2 Å². The average molecular weight is 513 g/mol. The number of hydrogen-bond donors (Lipinski definition) is 3. The smallest absolute Gasteiger partial charge is 0.369 e. The van der Waals surface area contributed by atoms with E-state index in [1.807, 2.05) is 6.92 Å². The van der Waals surface area contributed by atoms with Crippen LogP contribution in [0.2, 0.25) is 0 Å². The lowest BCUT2D eigenvalue weighted by Crippen LogP contribution is -2.44. The number of likely N-dealkylation sites (N-methyl/N-ethyl adjacent to an activating group) is 1. The Kier molecular flexibility index (Phi) is 7.95. The van der Waals surface area contributed by atoms with Crippen LogP contribution in [0.5, 0.6) is 0 Å². The second-order valence-electron chi connectivity index (χ2n) is 8.98. The number of aromatic nitrogens is 3. The Morgan fingerprint density at radius 3 is 2.57 bits per heavy atom. The topological polar surface area (TPSA) is 98.3 Å². The van der Waals surface area contributed by atoms with E-state index in [1.165, 1.54) is 11.3 Å². The van der Waals surface area contributed by atoms with Gasteiger partial charge in [-0.05, 0) is 33.2 Å². The predicted molar refractivity (Wildman–Crippen MR) is 130 cm³/mol. The molecule has 4 rings (SSSR count). The van der Waals surface area contributed by atoms with Crippen LogP contribution in [0.1, 0.15) is 36.9 Å². The molecule has 35 heavy (non-hydrogen) atoms.